The summed E-state index contributed by atoms with van der Waals surface area (Å²) in [7, 11) is 0. The average Bonchev–Trinajstić information content (AvgIpc) is 3.16. The summed E-state index contributed by atoms with van der Waals surface area (Å²) in [4.78, 5) is 10.9. The predicted molar refractivity (Wildman–Crippen MR) is 63.3 cm³/mol. The Balaban J connectivity index is 1.88. The van der Waals surface area contributed by atoms with Crippen molar-refractivity contribution < 1.29 is 14.6 Å². The van der Waals surface area contributed by atoms with Gasteiger partial charge >= 0.3 is 5.97 Å². The maximum Gasteiger partial charge on any atom is 0.304 e. The zero-order chi connectivity index (χ0) is 11.9. The highest BCUT2D eigenvalue weighted by atomic mass is 16.5. The van der Waals surface area contributed by atoms with E-state index >= 15 is 0 Å². The van der Waals surface area contributed by atoms with E-state index in [0.717, 1.165) is 37.0 Å². The van der Waals surface area contributed by atoms with Crippen LogP contribution >= 0.6 is 0 Å². The number of carboxylic acids is 1. The minimum atomic E-state index is -0.719. The Hall–Kier alpha value is -1.51. The van der Waals surface area contributed by atoms with Crippen LogP contribution in [0.5, 0.6) is 5.75 Å². The smallest absolute Gasteiger partial charge is 0.304 e. The van der Waals surface area contributed by atoms with Crippen LogP contribution in [0.2, 0.25) is 0 Å². The van der Waals surface area contributed by atoms with Crippen LogP contribution in [0.1, 0.15) is 37.7 Å². The molecule has 0 bridgehead atoms. The highest BCUT2D eigenvalue weighted by molar-refractivity contribution is 5.70. The molecule has 0 radical (unpaired) electrons. The van der Waals surface area contributed by atoms with Gasteiger partial charge in [0.15, 0.2) is 0 Å². The second kappa shape index (κ2) is 3.76. The van der Waals surface area contributed by atoms with Crippen LogP contribution in [0.15, 0.2) is 24.3 Å². The van der Waals surface area contributed by atoms with Crippen molar-refractivity contribution in [3.8, 4) is 5.75 Å². The molecule has 0 spiro atoms. The molecule has 0 amide bonds. The first-order valence-corrected chi connectivity index (χ1v) is 6.18. The van der Waals surface area contributed by atoms with Crippen molar-refractivity contribution in [3.63, 3.8) is 0 Å². The Kier molecular flexibility index (Phi) is 2.35. The molecule has 0 atom stereocenters. The Morgan fingerprint density at radius 2 is 2.06 bits per heavy atom. The van der Waals surface area contributed by atoms with Gasteiger partial charge in [-0.3, -0.25) is 4.79 Å². The topological polar surface area (TPSA) is 46.5 Å². The Morgan fingerprint density at radius 1 is 1.35 bits per heavy atom. The number of benzene rings is 1. The molecule has 1 aromatic carbocycles. The van der Waals surface area contributed by atoms with Crippen LogP contribution in [0.3, 0.4) is 0 Å². The quantitative estimate of drug-likeness (QED) is 0.849. The van der Waals surface area contributed by atoms with Gasteiger partial charge in [-0.2, -0.15) is 0 Å². The number of carbonyl (C=O) groups is 1. The van der Waals surface area contributed by atoms with Crippen molar-refractivity contribution in [2.75, 3.05) is 0 Å². The molecular formula is C14H16O3. The largest absolute Gasteiger partial charge is 0.490 e. The lowest BCUT2D eigenvalue weighted by Gasteiger charge is -2.18. The molecule has 1 aromatic rings. The summed E-state index contributed by atoms with van der Waals surface area (Å²) in [6, 6.07) is 7.91. The second-order valence-corrected chi connectivity index (χ2v) is 5.16. The lowest BCUT2D eigenvalue weighted by Crippen LogP contribution is -2.14. The molecule has 2 fully saturated rings. The highest BCUT2D eigenvalue weighted by Gasteiger charge is 2.48. The number of aliphatic carboxylic acids is 1. The van der Waals surface area contributed by atoms with Gasteiger partial charge in [-0.25, -0.2) is 0 Å². The molecular weight excluding hydrogens is 216 g/mol. The number of hydrogen-bond donors (Lipinski definition) is 1. The first-order chi connectivity index (χ1) is 8.20. The van der Waals surface area contributed by atoms with Gasteiger partial charge in [-0.1, -0.05) is 18.2 Å². The van der Waals surface area contributed by atoms with Crippen LogP contribution in [0, 0.1) is 0 Å². The van der Waals surface area contributed by atoms with Crippen molar-refractivity contribution in [2.24, 2.45) is 0 Å². The molecule has 3 nitrogen and oxygen atoms in total. The summed E-state index contributed by atoms with van der Waals surface area (Å²) in [5, 5.41) is 8.99. The maximum atomic E-state index is 10.9. The molecule has 2 saturated carbocycles. The van der Waals surface area contributed by atoms with Crippen molar-refractivity contribution in [1.29, 1.82) is 0 Å². The summed E-state index contributed by atoms with van der Waals surface area (Å²) in [5.41, 5.74) is 0.937. The van der Waals surface area contributed by atoms with Crippen LogP contribution in [0.4, 0.5) is 0 Å². The molecule has 1 N–H and O–H groups in total. The predicted octanol–water partition coefficient (Wildman–Crippen LogP) is 2.73. The maximum absolute atomic E-state index is 10.9. The molecule has 17 heavy (non-hydrogen) atoms. The molecule has 3 heteroatoms. The minimum absolute atomic E-state index is 0.155. The van der Waals surface area contributed by atoms with Gasteiger partial charge in [-0.15, -0.1) is 0 Å². The highest BCUT2D eigenvalue weighted by Crippen LogP contribution is 2.54. The van der Waals surface area contributed by atoms with Gasteiger partial charge in [0, 0.05) is 11.0 Å². The number of rotatable bonds is 5. The molecule has 0 saturated heterocycles. The van der Waals surface area contributed by atoms with E-state index in [1.165, 1.54) is 0 Å². The third-order valence-electron chi connectivity index (χ3n) is 3.62. The fourth-order valence-corrected chi connectivity index (χ4v) is 2.35. The van der Waals surface area contributed by atoms with E-state index in [1.807, 2.05) is 24.3 Å². The Bertz CT molecular complexity index is 445. The number of ether oxygens (including phenoxy) is 1. The van der Waals surface area contributed by atoms with Crippen molar-refractivity contribution in [2.45, 2.75) is 43.6 Å². The van der Waals surface area contributed by atoms with Gasteiger partial charge < -0.3 is 9.84 Å². The number of para-hydroxylation sites is 1. The van der Waals surface area contributed by atoms with E-state index < -0.39 is 5.97 Å². The third kappa shape index (κ3) is 2.14. The number of hydrogen-bond acceptors (Lipinski definition) is 2. The van der Waals surface area contributed by atoms with Gasteiger partial charge in [-0.05, 0) is 31.7 Å². The zero-order valence-corrected chi connectivity index (χ0v) is 9.69. The van der Waals surface area contributed by atoms with Crippen molar-refractivity contribution in [3.05, 3.63) is 29.8 Å². The van der Waals surface area contributed by atoms with E-state index in [-0.39, 0.29) is 11.8 Å². The number of carboxylic acid groups (broad SMARTS) is 1. The van der Waals surface area contributed by atoms with Crippen molar-refractivity contribution >= 4 is 5.97 Å². The van der Waals surface area contributed by atoms with Crippen LogP contribution in [0.25, 0.3) is 0 Å². The summed E-state index contributed by atoms with van der Waals surface area (Å²) >= 11 is 0. The van der Waals surface area contributed by atoms with Gasteiger partial charge in [0.2, 0.25) is 0 Å². The van der Waals surface area contributed by atoms with E-state index in [0.29, 0.717) is 6.10 Å². The van der Waals surface area contributed by atoms with Crippen LogP contribution < -0.4 is 4.74 Å². The van der Waals surface area contributed by atoms with Crippen molar-refractivity contribution in [1.82, 2.24) is 0 Å². The van der Waals surface area contributed by atoms with E-state index in [9.17, 15) is 4.79 Å². The van der Waals surface area contributed by atoms with E-state index in [1.54, 1.807) is 0 Å². The van der Waals surface area contributed by atoms with Crippen LogP contribution in [-0.2, 0) is 10.2 Å². The summed E-state index contributed by atoms with van der Waals surface area (Å²) in [6.07, 6.45) is 4.75. The molecule has 3 rings (SSSR count). The van der Waals surface area contributed by atoms with E-state index in [2.05, 4.69) is 0 Å². The lowest BCUT2D eigenvalue weighted by atomic mass is 9.91. The van der Waals surface area contributed by atoms with Gasteiger partial charge in [0.25, 0.3) is 0 Å². The Morgan fingerprint density at radius 3 is 2.65 bits per heavy atom. The summed E-state index contributed by atoms with van der Waals surface area (Å²) in [5.74, 6) is 0.178. The monoisotopic (exact) mass is 232 g/mol. The average molecular weight is 232 g/mol. The first-order valence-electron chi connectivity index (χ1n) is 6.18. The molecule has 0 aromatic heterocycles. The minimum Gasteiger partial charge on any atom is -0.490 e. The summed E-state index contributed by atoms with van der Waals surface area (Å²) in [6.45, 7) is 0. The normalized spacial score (nSPS) is 20.9. The Labute approximate surface area is 100 Å². The van der Waals surface area contributed by atoms with Gasteiger partial charge in [0.05, 0.1) is 12.5 Å². The van der Waals surface area contributed by atoms with E-state index in [4.69, 9.17) is 9.84 Å². The lowest BCUT2D eigenvalue weighted by molar-refractivity contribution is -0.137. The molecule has 2 aliphatic carbocycles. The third-order valence-corrected chi connectivity index (χ3v) is 3.62. The SMILES string of the molecule is O=C(O)CC1(c2ccccc2OC2CC2)CC1. The zero-order valence-electron chi connectivity index (χ0n) is 9.69. The molecule has 2 aliphatic rings. The molecule has 0 unspecified atom stereocenters. The first kappa shape index (κ1) is 10.6. The fourth-order valence-electron chi connectivity index (χ4n) is 2.35. The molecule has 0 aliphatic heterocycles. The molecule has 90 valence electrons. The van der Waals surface area contributed by atoms with Crippen LogP contribution in [-0.4, -0.2) is 17.2 Å². The summed E-state index contributed by atoms with van der Waals surface area (Å²) < 4.78 is 5.87. The second-order valence-electron chi connectivity index (χ2n) is 5.16. The van der Waals surface area contributed by atoms with Gasteiger partial charge in [0.1, 0.15) is 5.75 Å². The fraction of sp³-hybridized carbons (Fsp3) is 0.500. The standard InChI is InChI=1S/C14H16O3/c15-13(16)9-14(7-8-14)11-3-1-2-4-12(11)17-10-5-6-10/h1-4,10H,5-9H2,(H,15,16). The molecule has 0 heterocycles.